The van der Waals surface area contributed by atoms with Crippen molar-refractivity contribution < 1.29 is 27.4 Å². The second-order valence-electron chi connectivity index (χ2n) is 7.69. The first-order valence-electron chi connectivity index (χ1n) is 10.6. The van der Waals surface area contributed by atoms with Crippen molar-refractivity contribution in [1.29, 1.82) is 0 Å². The Kier molecular flexibility index (Phi) is 6.61. The van der Waals surface area contributed by atoms with Crippen LogP contribution >= 0.6 is 0 Å². The Bertz CT molecular complexity index is 1290. The predicted octanol–water partition coefficient (Wildman–Crippen LogP) is 4.21. The van der Waals surface area contributed by atoms with Gasteiger partial charge in [0.1, 0.15) is 4.91 Å². The quantitative estimate of drug-likeness (QED) is 0.472. The molecule has 3 aromatic carbocycles. The van der Waals surface area contributed by atoms with E-state index in [0.29, 0.717) is 28.4 Å². The van der Waals surface area contributed by atoms with Crippen LogP contribution in [0.2, 0.25) is 0 Å². The smallest absolute Gasteiger partial charge is 0.267 e. The highest BCUT2D eigenvalue weighted by Crippen LogP contribution is 2.43. The Labute approximate surface area is 199 Å². The van der Waals surface area contributed by atoms with Crippen molar-refractivity contribution in [1.82, 2.24) is 4.90 Å². The first kappa shape index (κ1) is 23.4. The number of hydrogen-bond donors (Lipinski definition) is 0. The molecule has 1 amide bonds. The second-order valence-corrected chi connectivity index (χ2v) is 9.67. The molecule has 1 fully saturated rings. The fourth-order valence-corrected chi connectivity index (χ4v) is 5.97. The standard InChI is InChI=1S/C26H25NO6S/c1-31-21-14-19(15-22(32-2)24(21)33-3)16-23-25(28)27(17-18-10-6-4-7-11-18)26(34(23,29)30)20-12-8-5-9-13-20/h4-16,26H,17H2,1-3H3/b23-16-. The summed E-state index contributed by atoms with van der Waals surface area (Å²) in [7, 11) is 0.396. The summed E-state index contributed by atoms with van der Waals surface area (Å²) < 4.78 is 43.5. The van der Waals surface area contributed by atoms with Crippen LogP contribution in [0.5, 0.6) is 17.2 Å². The van der Waals surface area contributed by atoms with E-state index in [4.69, 9.17) is 14.2 Å². The molecule has 176 valence electrons. The Hall–Kier alpha value is -3.78. The van der Waals surface area contributed by atoms with Crippen LogP contribution in [0.1, 0.15) is 22.1 Å². The number of carbonyl (C=O) groups excluding carboxylic acids is 1. The van der Waals surface area contributed by atoms with Gasteiger partial charge in [-0.15, -0.1) is 0 Å². The van der Waals surface area contributed by atoms with Crippen LogP contribution in [0.25, 0.3) is 6.08 Å². The molecule has 1 aliphatic heterocycles. The Morgan fingerprint density at radius 3 is 1.94 bits per heavy atom. The second kappa shape index (κ2) is 9.61. The lowest BCUT2D eigenvalue weighted by Gasteiger charge is -2.23. The van der Waals surface area contributed by atoms with Gasteiger partial charge in [0.05, 0.1) is 21.3 Å². The van der Waals surface area contributed by atoms with Crippen LogP contribution in [-0.4, -0.2) is 40.6 Å². The molecule has 1 saturated heterocycles. The fraction of sp³-hybridized carbons (Fsp3) is 0.192. The Balaban J connectivity index is 1.85. The molecule has 0 aromatic heterocycles. The van der Waals surface area contributed by atoms with Crippen molar-refractivity contribution in [3.05, 3.63) is 94.4 Å². The molecular formula is C26H25NO6S. The molecule has 1 aliphatic rings. The topological polar surface area (TPSA) is 82.1 Å². The van der Waals surface area contributed by atoms with Crippen LogP contribution in [0.3, 0.4) is 0 Å². The molecule has 0 spiro atoms. The molecule has 0 bridgehead atoms. The zero-order valence-corrected chi connectivity index (χ0v) is 19.9. The molecule has 1 atom stereocenters. The van der Waals surface area contributed by atoms with Crippen LogP contribution < -0.4 is 14.2 Å². The Morgan fingerprint density at radius 2 is 1.41 bits per heavy atom. The van der Waals surface area contributed by atoms with E-state index in [9.17, 15) is 13.2 Å². The molecule has 1 heterocycles. The van der Waals surface area contributed by atoms with Gasteiger partial charge in [0, 0.05) is 6.54 Å². The van der Waals surface area contributed by atoms with Crippen LogP contribution in [0.15, 0.2) is 77.7 Å². The van der Waals surface area contributed by atoms with Gasteiger partial charge >= 0.3 is 0 Å². The highest BCUT2D eigenvalue weighted by molar-refractivity contribution is 7.97. The number of sulfone groups is 1. The summed E-state index contributed by atoms with van der Waals surface area (Å²) in [5.74, 6) is 0.529. The van der Waals surface area contributed by atoms with E-state index in [0.717, 1.165) is 5.56 Å². The first-order valence-corrected chi connectivity index (χ1v) is 12.1. The number of amides is 1. The summed E-state index contributed by atoms with van der Waals surface area (Å²) in [6.45, 7) is 0.158. The van der Waals surface area contributed by atoms with E-state index >= 15 is 0 Å². The number of benzene rings is 3. The van der Waals surface area contributed by atoms with Gasteiger partial charge in [-0.3, -0.25) is 4.79 Å². The lowest BCUT2D eigenvalue weighted by molar-refractivity contribution is -0.126. The van der Waals surface area contributed by atoms with Gasteiger partial charge in [0.2, 0.25) is 15.6 Å². The monoisotopic (exact) mass is 479 g/mol. The summed E-state index contributed by atoms with van der Waals surface area (Å²) in [5.41, 5.74) is 1.80. The van der Waals surface area contributed by atoms with E-state index in [1.807, 2.05) is 30.3 Å². The zero-order valence-electron chi connectivity index (χ0n) is 19.1. The number of ether oxygens (including phenoxy) is 3. The maximum absolute atomic E-state index is 13.7. The van der Waals surface area contributed by atoms with Crippen molar-refractivity contribution >= 4 is 21.8 Å². The van der Waals surface area contributed by atoms with E-state index < -0.39 is 21.1 Å². The minimum Gasteiger partial charge on any atom is -0.493 e. The van der Waals surface area contributed by atoms with E-state index in [1.165, 1.54) is 32.3 Å². The molecule has 0 aliphatic carbocycles. The van der Waals surface area contributed by atoms with Gasteiger partial charge < -0.3 is 19.1 Å². The zero-order chi connectivity index (χ0) is 24.3. The highest BCUT2D eigenvalue weighted by Gasteiger charge is 2.49. The minimum absolute atomic E-state index is 0.158. The fourth-order valence-electron chi connectivity index (χ4n) is 4.05. The lowest BCUT2D eigenvalue weighted by Crippen LogP contribution is -2.28. The van der Waals surface area contributed by atoms with E-state index in [2.05, 4.69) is 0 Å². The lowest BCUT2D eigenvalue weighted by atomic mass is 10.1. The van der Waals surface area contributed by atoms with Crippen molar-refractivity contribution in [2.75, 3.05) is 21.3 Å². The number of carbonyl (C=O) groups is 1. The number of nitrogens with zero attached hydrogens (tertiary/aromatic N) is 1. The number of methoxy groups -OCH3 is 3. The molecule has 0 saturated carbocycles. The molecule has 3 aromatic rings. The third kappa shape index (κ3) is 4.24. The van der Waals surface area contributed by atoms with Gasteiger partial charge in [-0.1, -0.05) is 60.7 Å². The summed E-state index contributed by atoms with van der Waals surface area (Å²) in [6, 6.07) is 21.3. The van der Waals surface area contributed by atoms with Gasteiger partial charge in [-0.05, 0) is 34.9 Å². The maximum Gasteiger partial charge on any atom is 0.267 e. The van der Waals surface area contributed by atoms with Crippen molar-refractivity contribution in [2.45, 2.75) is 11.9 Å². The normalized spacial score (nSPS) is 18.2. The Morgan fingerprint density at radius 1 is 0.853 bits per heavy atom. The van der Waals surface area contributed by atoms with Gasteiger partial charge in [-0.2, -0.15) is 0 Å². The van der Waals surface area contributed by atoms with Crippen LogP contribution in [0.4, 0.5) is 0 Å². The van der Waals surface area contributed by atoms with Crippen molar-refractivity contribution in [3.63, 3.8) is 0 Å². The minimum atomic E-state index is -4.03. The summed E-state index contributed by atoms with van der Waals surface area (Å²) >= 11 is 0. The molecule has 7 nitrogen and oxygen atoms in total. The molecule has 0 N–H and O–H groups in total. The average molecular weight is 480 g/mol. The largest absolute Gasteiger partial charge is 0.493 e. The SMILES string of the molecule is COc1cc(/C=C2/C(=O)N(Cc3ccccc3)C(c3ccccc3)S2(=O)=O)cc(OC)c1OC. The van der Waals surface area contributed by atoms with Gasteiger partial charge in [0.25, 0.3) is 5.91 Å². The van der Waals surface area contributed by atoms with Gasteiger partial charge in [-0.25, -0.2) is 8.42 Å². The average Bonchev–Trinajstić information content (AvgIpc) is 3.04. The molecule has 4 rings (SSSR count). The predicted molar refractivity (Wildman–Crippen MR) is 129 cm³/mol. The van der Waals surface area contributed by atoms with Crippen LogP contribution in [0, 0.1) is 0 Å². The molecule has 8 heteroatoms. The molecule has 34 heavy (non-hydrogen) atoms. The number of hydrogen-bond acceptors (Lipinski definition) is 6. The highest BCUT2D eigenvalue weighted by atomic mass is 32.2. The maximum atomic E-state index is 13.7. The summed E-state index contributed by atoms with van der Waals surface area (Å²) in [6.07, 6.45) is 1.36. The number of rotatable bonds is 7. The molecule has 0 radical (unpaired) electrons. The van der Waals surface area contributed by atoms with Gasteiger partial charge in [0.15, 0.2) is 16.9 Å². The molecular weight excluding hydrogens is 454 g/mol. The summed E-state index contributed by atoms with van der Waals surface area (Å²) in [5, 5.41) is -1.13. The summed E-state index contributed by atoms with van der Waals surface area (Å²) in [4.78, 5) is 14.6. The van der Waals surface area contributed by atoms with Crippen LogP contribution in [-0.2, 0) is 21.2 Å². The van der Waals surface area contributed by atoms with Crippen molar-refractivity contribution in [2.24, 2.45) is 0 Å². The van der Waals surface area contributed by atoms with Crippen molar-refractivity contribution in [3.8, 4) is 17.2 Å². The van der Waals surface area contributed by atoms with E-state index in [-0.39, 0.29) is 11.4 Å². The first-order chi connectivity index (χ1) is 16.4. The van der Waals surface area contributed by atoms with E-state index in [1.54, 1.807) is 42.5 Å². The third-order valence-electron chi connectivity index (χ3n) is 5.62. The third-order valence-corrected chi connectivity index (χ3v) is 7.64. The molecule has 1 unspecified atom stereocenters.